The van der Waals surface area contributed by atoms with Crippen LogP contribution in [0.5, 0.6) is 17.2 Å². The number of methoxy groups -OCH3 is 2. The van der Waals surface area contributed by atoms with Gasteiger partial charge in [-0.25, -0.2) is 0 Å². The smallest absolute Gasteiger partial charge is 0.205 e. The maximum atomic E-state index is 12.4. The highest BCUT2D eigenvalue weighted by molar-refractivity contribution is 5.99. The zero-order valence-electron chi connectivity index (χ0n) is 12.5. The summed E-state index contributed by atoms with van der Waals surface area (Å²) in [6, 6.07) is 13.6. The highest BCUT2D eigenvalue weighted by atomic mass is 16.5. The summed E-state index contributed by atoms with van der Waals surface area (Å²) < 4.78 is 15.8. The van der Waals surface area contributed by atoms with E-state index >= 15 is 0 Å². The number of para-hydroxylation sites is 2. The minimum Gasteiger partial charge on any atom is -0.497 e. The van der Waals surface area contributed by atoms with Gasteiger partial charge in [0.25, 0.3) is 0 Å². The number of Topliss-reactive ketones (excluding diaryl/α,β-unsaturated/α-hetero) is 1. The van der Waals surface area contributed by atoms with Gasteiger partial charge in [0.2, 0.25) is 5.78 Å². The molecule has 0 saturated carbocycles. The summed E-state index contributed by atoms with van der Waals surface area (Å²) in [5, 5.41) is 9.47. The topological polar surface area (TPSA) is 65.0 Å². The van der Waals surface area contributed by atoms with Gasteiger partial charge in [0, 0.05) is 5.56 Å². The van der Waals surface area contributed by atoms with E-state index in [1.807, 2.05) is 0 Å². The van der Waals surface area contributed by atoms with E-state index in [0.717, 1.165) is 0 Å². The number of ketones is 1. The standard InChI is InChI=1S/C17H18O5/c1-20-13-9-7-12(8-10-13)17(19)16(11-18)22-15-6-4-3-5-14(15)21-2/h3-10,16,18H,11H2,1-2H3/t16-/m0/s1. The van der Waals surface area contributed by atoms with Crippen molar-refractivity contribution in [1.82, 2.24) is 0 Å². The third-order valence-corrected chi connectivity index (χ3v) is 3.17. The van der Waals surface area contributed by atoms with Gasteiger partial charge in [0.15, 0.2) is 17.6 Å². The van der Waals surface area contributed by atoms with Gasteiger partial charge in [-0.3, -0.25) is 4.79 Å². The average molecular weight is 302 g/mol. The second-order valence-corrected chi connectivity index (χ2v) is 4.53. The summed E-state index contributed by atoms with van der Waals surface area (Å²) in [7, 11) is 3.07. The molecule has 0 aromatic heterocycles. The molecule has 0 amide bonds. The Morgan fingerprint density at radius 2 is 1.64 bits per heavy atom. The highest BCUT2D eigenvalue weighted by Gasteiger charge is 2.22. The van der Waals surface area contributed by atoms with Gasteiger partial charge in [-0.1, -0.05) is 12.1 Å². The Morgan fingerprint density at radius 1 is 1.00 bits per heavy atom. The third kappa shape index (κ3) is 3.56. The quantitative estimate of drug-likeness (QED) is 0.795. The van der Waals surface area contributed by atoms with Crippen LogP contribution in [0.3, 0.4) is 0 Å². The zero-order valence-corrected chi connectivity index (χ0v) is 12.5. The van der Waals surface area contributed by atoms with Gasteiger partial charge in [-0.15, -0.1) is 0 Å². The number of ether oxygens (including phenoxy) is 3. The van der Waals surface area contributed by atoms with E-state index in [1.165, 1.54) is 7.11 Å². The average Bonchev–Trinajstić information content (AvgIpc) is 2.59. The first-order valence-corrected chi connectivity index (χ1v) is 6.78. The normalized spacial score (nSPS) is 11.6. The van der Waals surface area contributed by atoms with Crippen molar-refractivity contribution in [2.45, 2.75) is 6.10 Å². The van der Waals surface area contributed by atoms with Crippen molar-refractivity contribution in [3.8, 4) is 17.2 Å². The summed E-state index contributed by atoms with van der Waals surface area (Å²) in [5.74, 6) is 1.26. The van der Waals surface area contributed by atoms with E-state index in [2.05, 4.69) is 0 Å². The molecule has 0 radical (unpaired) electrons. The van der Waals surface area contributed by atoms with Gasteiger partial charge in [-0.05, 0) is 36.4 Å². The SMILES string of the molecule is COc1ccc(C(=O)[C@H](CO)Oc2ccccc2OC)cc1. The minimum absolute atomic E-state index is 0.309. The molecule has 1 atom stereocenters. The Morgan fingerprint density at radius 3 is 2.18 bits per heavy atom. The molecular formula is C17H18O5. The molecule has 5 nitrogen and oxygen atoms in total. The molecular weight excluding hydrogens is 284 g/mol. The van der Waals surface area contributed by atoms with Crippen molar-refractivity contribution < 1.29 is 24.1 Å². The minimum atomic E-state index is -0.996. The number of carbonyl (C=O) groups is 1. The number of benzene rings is 2. The monoisotopic (exact) mass is 302 g/mol. The summed E-state index contributed by atoms with van der Waals surface area (Å²) in [4.78, 5) is 12.4. The molecule has 116 valence electrons. The molecule has 0 bridgehead atoms. The Hall–Kier alpha value is -2.53. The summed E-state index contributed by atoms with van der Waals surface area (Å²) in [5.41, 5.74) is 0.440. The lowest BCUT2D eigenvalue weighted by atomic mass is 10.1. The van der Waals surface area contributed by atoms with E-state index < -0.39 is 12.7 Å². The van der Waals surface area contributed by atoms with E-state index in [1.54, 1.807) is 55.6 Å². The van der Waals surface area contributed by atoms with Crippen LogP contribution in [0.1, 0.15) is 10.4 Å². The number of rotatable bonds is 7. The van der Waals surface area contributed by atoms with Crippen molar-refractivity contribution in [3.63, 3.8) is 0 Å². The predicted molar refractivity (Wildman–Crippen MR) is 81.8 cm³/mol. The fraction of sp³-hybridized carbons (Fsp3) is 0.235. The first-order chi connectivity index (χ1) is 10.7. The number of hydrogen-bond donors (Lipinski definition) is 1. The highest BCUT2D eigenvalue weighted by Crippen LogP contribution is 2.27. The van der Waals surface area contributed by atoms with Crippen LogP contribution in [0, 0.1) is 0 Å². The zero-order chi connectivity index (χ0) is 15.9. The van der Waals surface area contributed by atoms with Crippen LogP contribution >= 0.6 is 0 Å². The Labute approximate surface area is 129 Å². The van der Waals surface area contributed by atoms with Crippen molar-refractivity contribution in [3.05, 3.63) is 54.1 Å². The second kappa shape index (κ2) is 7.47. The van der Waals surface area contributed by atoms with Crippen LogP contribution in [0.4, 0.5) is 0 Å². The lowest BCUT2D eigenvalue weighted by molar-refractivity contribution is 0.0652. The second-order valence-electron chi connectivity index (χ2n) is 4.53. The van der Waals surface area contributed by atoms with Crippen molar-refractivity contribution in [1.29, 1.82) is 0 Å². The van der Waals surface area contributed by atoms with Crippen LogP contribution in [0.25, 0.3) is 0 Å². The molecule has 2 aromatic rings. The van der Waals surface area contributed by atoms with Crippen molar-refractivity contribution in [2.24, 2.45) is 0 Å². The van der Waals surface area contributed by atoms with E-state index in [0.29, 0.717) is 22.8 Å². The van der Waals surface area contributed by atoms with Crippen LogP contribution in [0.2, 0.25) is 0 Å². The Kier molecular flexibility index (Phi) is 5.38. The summed E-state index contributed by atoms with van der Waals surface area (Å²) in [6.45, 7) is -0.428. The molecule has 0 spiro atoms. The molecule has 2 aromatic carbocycles. The molecule has 1 N–H and O–H groups in total. The first kappa shape index (κ1) is 15.9. The lowest BCUT2D eigenvalue weighted by Crippen LogP contribution is -2.31. The molecule has 0 aliphatic carbocycles. The van der Waals surface area contributed by atoms with Crippen LogP contribution in [-0.2, 0) is 0 Å². The first-order valence-electron chi connectivity index (χ1n) is 6.78. The van der Waals surface area contributed by atoms with E-state index in [-0.39, 0.29) is 5.78 Å². The Balaban J connectivity index is 2.18. The number of aliphatic hydroxyl groups is 1. The molecule has 0 aliphatic rings. The van der Waals surface area contributed by atoms with E-state index in [9.17, 15) is 9.90 Å². The van der Waals surface area contributed by atoms with Gasteiger partial charge < -0.3 is 19.3 Å². The number of hydrogen-bond acceptors (Lipinski definition) is 5. The molecule has 0 aliphatic heterocycles. The van der Waals surface area contributed by atoms with Gasteiger partial charge in [-0.2, -0.15) is 0 Å². The molecule has 0 fully saturated rings. The fourth-order valence-corrected chi connectivity index (χ4v) is 1.98. The summed E-state index contributed by atoms with van der Waals surface area (Å²) >= 11 is 0. The number of carbonyl (C=O) groups excluding carboxylic acids is 1. The summed E-state index contributed by atoms with van der Waals surface area (Å²) in [6.07, 6.45) is -0.996. The maximum absolute atomic E-state index is 12.4. The lowest BCUT2D eigenvalue weighted by Gasteiger charge is -2.17. The molecule has 22 heavy (non-hydrogen) atoms. The number of aliphatic hydroxyl groups excluding tert-OH is 1. The van der Waals surface area contributed by atoms with E-state index in [4.69, 9.17) is 14.2 Å². The van der Waals surface area contributed by atoms with Crippen molar-refractivity contribution >= 4 is 5.78 Å². The van der Waals surface area contributed by atoms with Crippen LogP contribution in [-0.4, -0.2) is 37.8 Å². The molecule has 0 heterocycles. The predicted octanol–water partition coefficient (Wildman–Crippen LogP) is 2.33. The van der Waals surface area contributed by atoms with Crippen LogP contribution < -0.4 is 14.2 Å². The van der Waals surface area contributed by atoms with Gasteiger partial charge in [0.1, 0.15) is 5.75 Å². The Bertz CT molecular complexity index is 621. The molecule has 0 unspecified atom stereocenters. The van der Waals surface area contributed by atoms with Gasteiger partial charge >= 0.3 is 0 Å². The largest absolute Gasteiger partial charge is 0.497 e. The molecule has 2 rings (SSSR count). The maximum Gasteiger partial charge on any atom is 0.205 e. The van der Waals surface area contributed by atoms with Crippen molar-refractivity contribution in [2.75, 3.05) is 20.8 Å². The molecule has 5 heteroatoms. The fourth-order valence-electron chi connectivity index (χ4n) is 1.98. The molecule has 0 saturated heterocycles. The van der Waals surface area contributed by atoms with Crippen LogP contribution in [0.15, 0.2) is 48.5 Å². The van der Waals surface area contributed by atoms with Gasteiger partial charge in [0.05, 0.1) is 20.8 Å². The third-order valence-electron chi connectivity index (χ3n) is 3.17.